The van der Waals surface area contributed by atoms with Crippen molar-refractivity contribution in [1.29, 1.82) is 5.26 Å². The molecular weight excluding hydrogens is 226 g/mol. The Kier molecular flexibility index (Phi) is 2.55. The Balaban J connectivity index is 2.51. The van der Waals surface area contributed by atoms with E-state index in [1.807, 2.05) is 25.1 Å². The number of hydrogen-bond acceptors (Lipinski definition) is 4. The molecule has 0 bridgehead atoms. The Morgan fingerprint density at radius 3 is 2.81 bits per heavy atom. The summed E-state index contributed by atoms with van der Waals surface area (Å²) in [5.41, 5.74) is 7.22. The summed E-state index contributed by atoms with van der Waals surface area (Å²) in [6, 6.07) is 7.24. The number of aryl methyl sites for hydroxylation is 1. The molecule has 0 aliphatic rings. The van der Waals surface area contributed by atoms with Gasteiger partial charge in [0.05, 0.1) is 0 Å². The summed E-state index contributed by atoms with van der Waals surface area (Å²) in [5.74, 6) is 0.324. The molecule has 0 saturated heterocycles. The first kappa shape index (κ1) is 10.5. The number of anilines is 1. The lowest BCUT2D eigenvalue weighted by atomic mass is 10.1. The highest BCUT2D eigenvalue weighted by molar-refractivity contribution is 6.31. The van der Waals surface area contributed by atoms with Gasteiger partial charge in [-0.1, -0.05) is 17.7 Å². The lowest BCUT2D eigenvalue weighted by Crippen LogP contribution is -1.84. The van der Waals surface area contributed by atoms with Gasteiger partial charge in [-0.2, -0.15) is 10.2 Å². The van der Waals surface area contributed by atoms with E-state index in [4.69, 9.17) is 27.0 Å². The second-order valence-electron chi connectivity index (χ2n) is 3.31. The average molecular weight is 234 g/mol. The van der Waals surface area contributed by atoms with E-state index < -0.39 is 0 Å². The van der Waals surface area contributed by atoms with E-state index in [0.717, 1.165) is 5.56 Å². The number of hydrogen-bond donors (Lipinski definition) is 1. The van der Waals surface area contributed by atoms with Crippen molar-refractivity contribution in [2.45, 2.75) is 6.92 Å². The highest BCUT2D eigenvalue weighted by atomic mass is 35.5. The lowest BCUT2D eigenvalue weighted by molar-refractivity contribution is 0.593. The van der Waals surface area contributed by atoms with Crippen molar-refractivity contribution >= 4 is 17.5 Å². The van der Waals surface area contributed by atoms with E-state index in [1.165, 1.54) is 0 Å². The van der Waals surface area contributed by atoms with Gasteiger partial charge in [0.25, 0.3) is 0 Å². The number of benzene rings is 1. The maximum atomic E-state index is 8.70. The van der Waals surface area contributed by atoms with E-state index in [0.29, 0.717) is 16.5 Å². The number of nitriles is 1. The van der Waals surface area contributed by atoms with Crippen LogP contribution < -0.4 is 5.73 Å². The third-order valence-corrected chi connectivity index (χ3v) is 2.59. The molecule has 4 nitrogen and oxygen atoms in total. The van der Waals surface area contributed by atoms with Crippen LogP contribution in [-0.4, -0.2) is 4.98 Å². The predicted octanol–water partition coefficient (Wildman–Crippen LogP) is 2.76. The fraction of sp³-hybridized carbons (Fsp3) is 0.0909. The van der Waals surface area contributed by atoms with Crippen LogP contribution in [0.5, 0.6) is 0 Å². The zero-order valence-corrected chi connectivity index (χ0v) is 9.25. The molecule has 1 aromatic heterocycles. The maximum absolute atomic E-state index is 8.70. The average Bonchev–Trinajstić information content (AvgIpc) is 2.64. The first-order valence-corrected chi connectivity index (χ1v) is 4.92. The Morgan fingerprint density at radius 2 is 2.25 bits per heavy atom. The predicted molar refractivity (Wildman–Crippen MR) is 60.8 cm³/mol. The van der Waals surface area contributed by atoms with Crippen LogP contribution in [0.4, 0.5) is 5.88 Å². The van der Waals surface area contributed by atoms with Crippen LogP contribution >= 0.6 is 11.6 Å². The second kappa shape index (κ2) is 3.87. The molecule has 5 heteroatoms. The smallest absolute Gasteiger partial charge is 0.230 e. The molecule has 1 heterocycles. The number of halogens is 1. The van der Waals surface area contributed by atoms with Gasteiger partial charge in [-0.05, 0) is 24.6 Å². The molecule has 0 spiro atoms. The van der Waals surface area contributed by atoms with Crippen molar-refractivity contribution in [2.75, 3.05) is 5.73 Å². The molecular formula is C11H8ClN3O. The summed E-state index contributed by atoms with van der Waals surface area (Å²) < 4.78 is 5.17. The molecule has 2 N–H and O–H groups in total. The van der Waals surface area contributed by atoms with E-state index in [1.54, 1.807) is 6.07 Å². The van der Waals surface area contributed by atoms with Gasteiger partial charge >= 0.3 is 0 Å². The normalized spacial score (nSPS) is 10.1. The molecule has 2 rings (SSSR count). The maximum Gasteiger partial charge on any atom is 0.230 e. The van der Waals surface area contributed by atoms with Crippen molar-refractivity contribution in [3.63, 3.8) is 0 Å². The van der Waals surface area contributed by atoms with Crippen LogP contribution in [0.2, 0.25) is 5.02 Å². The molecule has 2 aromatic rings. The Labute approximate surface area is 97.3 Å². The number of nitrogens with zero attached hydrogens (tertiary/aromatic N) is 2. The van der Waals surface area contributed by atoms with Crippen molar-refractivity contribution < 1.29 is 4.42 Å². The molecule has 0 unspecified atom stereocenters. The number of nitrogens with two attached hydrogens (primary N) is 1. The van der Waals surface area contributed by atoms with Gasteiger partial charge in [0.2, 0.25) is 17.5 Å². The van der Waals surface area contributed by atoms with Crippen LogP contribution in [0.1, 0.15) is 11.3 Å². The molecule has 16 heavy (non-hydrogen) atoms. The molecule has 0 aliphatic heterocycles. The lowest BCUT2D eigenvalue weighted by Gasteiger charge is -1.99. The number of oxazole rings is 1. The van der Waals surface area contributed by atoms with Crippen LogP contribution in [0.3, 0.4) is 0 Å². The standard InChI is InChI=1S/C11H8ClN3O/c1-6-2-3-7(4-8(6)12)11-15-9(5-13)10(14)16-11/h2-4H,14H2,1H3. The second-order valence-corrected chi connectivity index (χ2v) is 3.71. The summed E-state index contributed by atoms with van der Waals surface area (Å²) in [7, 11) is 0. The van der Waals surface area contributed by atoms with Crippen molar-refractivity contribution in [2.24, 2.45) is 0 Å². The summed E-state index contributed by atoms with van der Waals surface area (Å²) in [5, 5.41) is 9.32. The summed E-state index contributed by atoms with van der Waals surface area (Å²) in [6.07, 6.45) is 0. The van der Waals surface area contributed by atoms with Crippen LogP contribution in [0.25, 0.3) is 11.5 Å². The minimum atomic E-state index is 0.0224. The summed E-state index contributed by atoms with van der Waals surface area (Å²) in [4.78, 5) is 3.96. The Hall–Kier alpha value is -1.99. The zero-order valence-electron chi connectivity index (χ0n) is 8.49. The van der Waals surface area contributed by atoms with Crippen molar-refractivity contribution in [3.05, 3.63) is 34.5 Å². The van der Waals surface area contributed by atoms with Gasteiger partial charge in [0.1, 0.15) is 6.07 Å². The highest BCUT2D eigenvalue weighted by Crippen LogP contribution is 2.27. The number of rotatable bonds is 1. The fourth-order valence-electron chi connectivity index (χ4n) is 1.26. The quantitative estimate of drug-likeness (QED) is 0.822. The van der Waals surface area contributed by atoms with Gasteiger partial charge < -0.3 is 10.2 Å². The summed E-state index contributed by atoms with van der Waals surface area (Å²) >= 11 is 5.98. The Morgan fingerprint density at radius 1 is 1.50 bits per heavy atom. The van der Waals surface area contributed by atoms with Crippen LogP contribution in [0, 0.1) is 18.3 Å². The molecule has 0 aliphatic carbocycles. The third-order valence-electron chi connectivity index (χ3n) is 2.18. The van der Waals surface area contributed by atoms with Gasteiger partial charge in [-0.15, -0.1) is 0 Å². The topological polar surface area (TPSA) is 75.8 Å². The van der Waals surface area contributed by atoms with Gasteiger partial charge in [0.15, 0.2) is 0 Å². The van der Waals surface area contributed by atoms with E-state index in [2.05, 4.69) is 4.98 Å². The number of aromatic nitrogens is 1. The van der Waals surface area contributed by atoms with E-state index >= 15 is 0 Å². The van der Waals surface area contributed by atoms with Crippen LogP contribution in [0.15, 0.2) is 22.6 Å². The molecule has 0 fully saturated rings. The molecule has 1 aromatic carbocycles. The minimum Gasteiger partial charge on any atom is -0.419 e. The molecule has 0 saturated carbocycles. The van der Waals surface area contributed by atoms with E-state index in [9.17, 15) is 0 Å². The van der Waals surface area contributed by atoms with Crippen LogP contribution in [-0.2, 0) is 0 Å². The van der Waals surface area contributed by atoms with E-state index in [-0.39, 0.29) is 11.6 Å². The SMILES string of the molecule is Cc1ccc(-c2nc(C#N)c(N)o2)cc1Cl. The first-order valence-electron chi connectivity index (χ1n) is 4.54. The molecule has 0 atom stereocenters. The van der Waals surface area contributed by atoms with Crippen molar-refractivity contribution in [3.8, 4) is 17.5 Å². The zero-order chi connectivity index (χ0) is 11.7. The molecule has 0 amide bonds. The van der Waals surface area contributed by atoms with Gasteiger partial charge in [0, 0.05) is 10.6 Å². The number of nitrogen functional groups attached to an aromatic ring is 1. The first-order chi connectivity index (χ1) is 7.61. The molecule has 0 radical (unpaired) electrons. The minimum absolute atomic E-state index is 0.0224. The largest absolute Gasteiger partial charge is 0.419 e. The van der Waals surface area contributed by atoms with Gasteiger partial charge in [-0.25, -0.2) is 0 Å². The molecule has 80 valence electrons. The van der Waals surface area contributed by atoms with Gasteiger partial charge in [-0.3, -0.25) is 0 Å². The summed E-state index contributed by atoms with van der Waals surface area (Å²) in [6.45, 7) is 1.90. The monoisotopic (exact) mass is 233 g/mol. The highest BCUT2D eigenvalue weighted by Gasteiger charge is 2.12. The Bertz CT molecular complexity index is 583. The fourth-order valence-corrected chi connectivity index (χ4v) is 1.44. The third kappa shape index (κ3) is 1.73. The van der Waals surface area contributed by atoms with Crippen molar-refractivity contribution in [1.82, 2.24) is 4.98 Å².